The number of nitrogens with zero attached hydrogens (tertiary/aromatic N) is 1. The molecule has 0 spiro atoms. The summed E-state index contributed by atoms with van der Waals surface area (Å²) in [5, 5.41) is 7.11. The van der Waals surface area contributed by atoms with Gasteiger partial charge in [0, 0.05) is 17.1 Å². The highest BCUT2D eigenvalue weighted by atomic mass is 35.5. The number of aromatic amines is 1. The molecule has 0 aliphatic heterocycles. The molecule has 2 N–H and O–H groups in total. The van der Waals surface area contributed by atoms with E-state index in [0.29, 0.717) is 27.7 Å². The molecule has 8 heteroatoms. The van der Waals surface area contributed by atoms with Gasteiger partial charge >= 0.3 is 0 Å². The molecule has 2 aromatic rings. The fourth-order valence-electron chi connectivity index (χ4n) is 2.40. The second-order valence-corrected chi connectivity index (χ2v) is 7.14. The lowest BCUT2D eigenvalue weighted by Gasteiger charge is -2.13. The van der Waals surface area contributed by atoms with E-state index >= 15 is 0 Å². The van der Waals surface area contributed by atoms with Crippen LogP contribution >= 0.6 is 11.6 Å². The van der Waals surface area contributed by atoms with Gasteiger partial charge in [0.2, 0.25) is 10.0 Å². The fraction of sp³-hybridized carbons (Fsp3) is 0.357. The van der Waals surface area contributed by atoms with Gasteiger partial charge in [-0.3, -0.25) is 5.10 Å². The molecule has 6 nitrogen and oxygen atoms in total. The lowest BCUT2D eigenvalue weighted by Crippen LogP contribution is -2.24. The minimum Gasteiger partial charge on any atom is -0.496 e. The van der Waals surface area contributed by atoms with Crippen LogP contribution in [0.25, 0.3) is 0 Å². The first-order valence-electron chi connectivity index (χ1n) is 6.60. The van der Waals surface area contributed by atoms with Crippen molar-refractivity contribution in [1.82, 2.24) is 14.9 Å². The van der Waals surface area contributed by atoms with E-state index in [-0.39, 0.29) is 11.4 Å². The standard InChI is InChI=1S/C14H18ClN3O3S/c1-8-5-12(15)6-11(13(8)21-4)7-16-22(19,20)14-9(2)17-18-10(14)3/h5-6,16H,7H2,1-4H3,(H,17,18). The van der Waals surface area contributed by atoms with Gasteiger partial charge in [0.25, 0.3) is 0 Å². The van der Waals surface area contributed by atoms with Crippen LogP contribution in [0.4, 0.5) is 0 Å². The highest BCUT2D eigenvalue weighted by molar-refractivity contribution is 7.89. The van der Waals surface area contributed by atoms with Crippen LogP contribution in [0.15, 0.2) is 17.0 Å². The quantitative estimate of drug-likeness (QED) is 0.873. The van der Waals surface area contributed by atoms with Crippen molar-refractivity contribution in [3.63, 3.8) is 0 Å². The summed E-state index contributed by atoms with van der Waals surface area (Å²) in [4.78, 5) is 0.171. The summed E-state index contributed by atoms with van der Waals surface area (Å²) < 4.78 is 32.8. The van der Waals surface area contributed by atoms with Crippen LogP contribution in [0.5, 0.6) is 5.75 Å². The Morgan fingerprint density at radius 1 is 1.32 bits per heavy atom. The Bertz CT molecular complexity index is 780. The molecule has 0 aliphatic carbocycles. The Balaban J connectivity index is 2.31. The first kappa shape index (κ1) is 16.8. The van der Waals surface area contributed by atoms with Crippen LogP contribution in [0.1, 0.15) is 22.5 Å². The lowest BCUT2D eigenvalue weighted by molar-refractivity contribution is 0.406. The maximum atomic E-state index is 12.4. The third-order valence-corrected chi connectivity index (χ3v) is 5.18. The molecule has 0 bridgehead atoms. The Labute approximate surface area is 134 Å². The molecule has 120 valence electrons. The van der Waals surface area contributed by atoms with Gasteiger partial charge in [-0.1, -0.05) is 11.6 Å². The van der Waals surface area contributed by atoms with Crippen molar-refractivity contribution in [1.29, 1.82) is 0 Å². The average Bonchev–Trinajstić information content (AvgIpc) is 2.76. The van der Waals surface area contributed by atoms with Gasteiger partial charge in [0.15, 0.2) is 0 Å². The zero-order valence-electron chi connectivity index (χ0n) is 12.8. The number of benzene rings is 1. The molecule has 2 rings (SSSR count). The van der Waals surface area contributed by atoms with Crippen LogP contribution < -0.4 is 9.46 Å². The minimum absolute atomic E-state index is 0.0803. The number of aryl methyl sites for hydroxylation is 3. The molecule has 22 heavy (non-hydrogen) atoms. The van der Waals surface area contributed by atoms with Gasteiger partial charge in [-0.25, -0.2) is 13.1 Å². The summed E-state index contributed by atoms with van der Waals surface area (Å²) in [7, 11) is -2.13. The summed E-state index contributed by atoms with van der Waals surface area (Å²) in [6.07, 6.45) is 0. The van der Waals surface area contributed by atoms with E-state index < -0.39 is 10.0 Å². The van der Waals surface area contributed by atoms with Gasteiger partial charge in [-0.15, -0.1) is 0 Å². The molecule has 0 unspecified atom stereocenters. The topological polar surface area (TPSA) is 84.1 Å². The Kier molecular flexibility index (Phi) is 4.79. The van der Waals surface area contributed by atoms with Crippen molar-refractivity contribution < 1.29 is 13.2 Å². The predicted molar refractivity (Wildman–Crippen MR) is 84.8 cm³/mol. The van der Waals surface area contributed by atoms with Crippen LogP contribution in [0, 0.1) is 20.8 Å². The van der Waals surface area contributed by atoms with Gasteiger partial charge < -0.3 is 4.74 Å². The number of hydrogen-bond donors (Lipinski definition) is 2. The molecule has 0 saturated carbocycles. The van der Waals surface area contributed by atoms with Gasteiger partial charge in [0.1, 0.15) is 10.6 Å². The minimum atomic E-state index is -3.67. The van der Waals surface area contributed by atoms with E-state index in [4.69, 9.17) is 16.3 Å². The number of ether oxygens (including phenoxy) is 1. The molecule has 0 fully saturated rings. The SMILES string of the molecule is COc1c(C)cc(Cl)cc1CNS(=O)(=O)c1c(C)n[nH]c1C. The molecule has 1 aromatic carbocycles. The monoisotopic (exact) mass is 343 g/mol. The highest BCUT2D eigenvalue weighted by Crippen LogP contribution is 2.28. The van der Waals surface area contributed by atoms with Crippen molar-refractivity contribution in [3.05, 3.63) is 39.7 Å². The van der Waals surface area contributed by atoms with Crippen molar-refractivity contribution in [2.75, 3.05) is 7.11 Å². The summed E-state index contributed by atoms with van der Waals surface area (Å²) >= 11 is 6.03. The zero-order valence-corrected chi connectivity index (χ0v) is 14.4. The van der Waals surface area contributed by atoms with E-state index in [2.05, 4.69) is 14.9 Å². The van der Waals surface area contributed by atoms with Crippen molar-refractivity contribution >= 4 is 21.6 Å². The van der Waals surface area contributed by atoms with E-state index in [1.54, 1.807) is 33.1 Å². The number of methoxy groups -OCH3 is 1. The van der Waals surface area contributed by atoms with Gasteiger partial charge in [-0.05, 0) is 38.5 Å². The molecule has 1 heterocycles. The average molecular weight is 344 g/mol. The van der Waals surface area contributed by atoms with Crippen LogP contribution in [0.2, 0.25) is 5.02 Å². The van der Waals surface area contributed by atoms with Crippen LogP contribution in [0.3, 0.4) is 0 Å². The molecule has 1 aromatic heterocycles. The van der Waals surface area contributed by atoms with Gasteiger partial charge in [-0.2, -0.15) is 5.10 Å². The first-order valence-corrected chi connectivity index (χ1v) is 8.46. The summed E-state index contributed by atoms with van der Waals surface area (Å²) in [6.45, 7) is 5.24. The number of rotatable bonds is 5. The number of hydrogen-bond acceptors (Lipinski definition) is 4. The van der Waals surface area contributed by atoms with E-state index in [1.165, 1.54) is 0 Å². The third-order valence-electron chi connectivity index (χ3n) is 3.30. The first-order chi connectivity index (χ1) is 10.3. The lowest BCUT2D eigenvalue weighted by atomic mass is 10.1. The summed E-state index contributed by atoms with van der Waals surface area (Å²) in [6, 6.07) is 3.45. The third kappa shape index (κ3) is 3.26. The van der Waals surface area contributed by atoms with Crippen molar-refractivity contribution in [2.24, 2.45) is 0 Å². The second-order valence-electron chi connectivity index (χ2n) is 5.00. The molecular weight excluding hydrogens is 326 g/mol. The molecule has 0 saturated heterocycles. The fourth-order valence-corrected chi connectivity index (χ4v) is 4.07. The van der Waals surface area contributed by atoms with Crippen molar-refractivity contribution in [3.8, 4) is 5.75 Å². The molecule has 0 atom stereocenters. The van der Waals surface area contributed by atoms with Gasteiger partial charge in [0.05, 0.1) is 18.5 Å². The Morgan fingerprint density at radius 2 is 2.00 bits per heavy atom. The highest BCUT2D eigenvalue weighted by Gasteiger charge is 2.22. The Hall–Kier alpha value is -1.57. The normalized spacial score (nSPS) is 11.7. The smallest absolute Gasteiger partial charge is 0.244 e. The number of aromatic nitrogens is 2. The summed E-state index contributed by atoms with van der Waals surface area (Å²) in [5.41, 5.74) is 2.45. The maximum Gasteiger partial charge on any atom is 0.244 e. The zero-order chi connectivity index (χ0) is 16.5. The number of H-pyrrole nitrogens is 1. The van der Waals surface area contributed by atoms with E-state index in [1.807, 2.05) is 6.92 Å². The largest absolute Gasteiger partial charge is 0.496 e. The van der Waals surface area contributed by atoms with Crippen molar-refractivity contribution in [2.45, 2.75) is 32.2 Å². The summed E-state index contributed by atoms with van der Waals surface area (Å²) in [5.74, 6) is 0.618. The molecule has 0 aliphatic rings. The Morgan fingerprint density at radius 3 is 2.55 bits per heavy atom. The van der Waals surface area contributed by atoms with E-state index in [0.717, 1.165) is 5.56 Å². The molecular formula is C14H18ClN3O3S. The number of halogens is 1. The number of sulfonamides is 1. The predicted octanol–water partition coefficient (Wildman–Crippen LogP) is 2.48. The number of nitrogens with one attached hydrogen (secondary N) is 2. The molecule has 0 radical (unpaired) electrons. The second kappa shape index (κ2) is 6.28. The van der Waals surface area contributed by atoms with Crippen LogP contribution in [-0.4, -0.2) is 25.7 Å². The maximum absolute atomic E-state index is 12.4. The van der Waals surface area contributed by atoms with Crippen LogP contribution in [-0.2, 0) is 16.6 Å². The van der Waals surface area contributed by atoms with E-state index in [9.17, 15) is 8.42 Å². The molecule has 0 amide bonds.